The standard InChI is InChI=1S/C10H9NO.C2H6/c1-8-7-11-10(12-8)9-5-3-2-4-6-9;1-2/h2-7H,1H3;1-2H3. The van der Waals surface area contributed by atoms with Gasteiger partial charge in [-0.3, -0.25) is 0 Å². The maximum atomic E-state index is 5.36. The molecule has 0 unspecified atom stereocenters. The predicted octanol–water partition coefficient (Wildman–Crippen LogP) is 3.68. The average Bonchev–Trinajstić information content (AvgIpc) is 2.69. The van der Waals surface area contributed by atoms with Gasteiger partial charge in [0.1, 0.15) is 5.76 Å². The fourth-order valence-corrected chi connectivity index (χ4v) is 1.07. The number of aryl methyl sites for hydroxylation is 1. The summed E-state index contributed by atoms with van der Waals surface area (Å²) >= 11 is 0. The molecule has 0 bridgehead atoms. The van der Waals surface area contributed by atoms with Crippen LogP contribution in [0, 0.1) is 6.92 Å². The molecule has 14 heavy (non-hydrogen) atoms. The molecule has 0 amide bonds. The van der Waals surface area contributed by atoms with Gasteiger partial charge in [-0.2, -0.15) is 0 Å². The van der Waals surface area contributed by atoms with Gasteiger partial charge in [0.15, 0.2) is 0 Å². The zero-order valence-corrected chi connectivity index (χ0v) is 8.82. The Hall–Kier alpha value is -1.57. The topological polar surface area (TPSA) is 26.0 Å². The number of hydrogen-bond acceptors (Lipinski definition) is 2. The van der Waals surface area contributed by atoms with Gasteiger partial charge in [0, 0.05) is 5.56 Å². The Morgan fingerprint density at radius 3 is 2.21 bits per heavy atom. The number of hydrogen-bond donors (Lipinski definition) is 0. The van der Waals surface area contributed by atoms with Crippen molar-refractivity contribution in [3.8, 4) is 11.5 Å². The van der Waals surface area contributed by atoms with Crippen molar-refractivity contribution < 1.29 is 4.42 Å². The van der Waals surface area contributed by atoms with E-state index >= 15 is 0 Å². The maximum absolute atomic E-state index is 5.36. The Bertz CT molecular complexity index is 365. The van der Waals surface area contributed by atoms with Gasteiger partial charge in [-0.1, -0.05) is 32.0 Å². The smallest absolute Gasteiger partial charge is 0.226 e. The molecule has 1 aromatic heterocycles. The van der Waals surface area contributed by atoms with Gasteiger partial charge in [0.2, 0.25) is 5.89 Å². The molecule has 0 radical (unpaired) electrons. The Morgan fingerprint density at radius 2 is 1.71 bits per heavy atom. The quantitative estimate of drug-likeness (QED) is 0.684. The molecule has 1 heterocycles. The van der Waals surface area contributed by atoms with Crippen LogP contribution < -0.4 is 0 Å². The number of nitrogens with zero attached hydrogens (tertiary/aromatic N) is 1. The van der Waals surface area contributed by atoms with Crippen LogP contribution in [0.5, 0.6) is 0 Å². The summed E-state index contributed by atoms with van der Waals surface area (Å²) in [6.45, 7) is 5.89. The second-order valence-electron chi connectivity index (χ2n) is 2.64. The summed E-state index contributed by atoms with van der Waals surface area (Å²) in [5, 5.41) is 0. The van der Waals surface area contributed by atoms with Gasteiger partial charge in [0.05, 0.1) is 6.20 Å². The molecule has 0 spiro atoms. The molecule has 2 heteroatoms. The molecule has 0 aliphatic heterocycles. The fourth-order valence-electron chi connectivity index (χ4n) is 1.07. The molecule has 0 saturated heterocycles. The summed E-state index contributed by atoms with van der Waals surface area (Å²) < 4.78 is 5.36. The highest BCUT2D eigenvalue weighted by Gasteiger charge is 2.01. The fraction of sp³-hybridized carbons (Fsp3) is 0.250. The number of benzene rings is 1. The van der Waals surface area contributed by atoms with Crippen LogP contribution in [0.1, 0.15) is 19.6 Å². The van der Waals surface area contributed by atoms with Crippen molar-refractivity contribution >= 4 is 0 Å². The molecule has 0 atom stereocenters. The predicted molar refractivity (Wildman–Crippen MR) is 58.0 cm³/mol. The second-order valence-corrected chi connectivity index (χ2v) is 2.64. The summed E-state index contributed by atoms with van der Waals surface area (Å²) in [6, 6.07) is 9.86. The second kappa shape index (κ2) is 5.22. The highest BCUT2D eigenvalue weighted by atomic mass is 16.4. The molecule has 2 nitrogen and oxygen atoms in total. The molecule has 0 aliphatic carbocycles. The van der Waals surface area contributed by atoms with Crippen LogP contribution in [-0.2, 0) is 0 Å². The lowest BCUT2D eigenvalue weighted by molar-refractivity contribution is 0.542. The Morgan fingerprint density at radius 1 is 1.07 bits per heavy atom. The number of aromatic nitrogens is 1. The highest BCUT2D eigenvalue weighted by Crippen LogP contribution is 2.17. The Labute approximate surface area is 84.6 Å². The minimum Gasteiger partial charge on any atom is -0.441 e. The molecular formula is C12H15NO. The van der Waals surface area contributed by atoms with Crippen molar-refractivity contribution in [3.63, 3.8) is 0 Å². The van der Waals surface area contributed by atoms with E-state index in [9.17, 15) is 0 Å². The van der Waals surface area contributed by atoms with Crippen molar-refractivity contribution in [2.45, 2.75) is 20.8 Å². The third-order valence-corrected chi connectivity index (χ3v) is 1.64. The van der Waals surface area contributed by atoms with E-state index in [1.807, 2.05) is 51.1 Å². The van der Waals surface area contributed by atoms with Gasteiger partial charge in [-0.15, -0.1) is 0 Å². The number of oxazole rings is 1. The summed E-state index contributed by atoms with van der Waals surface area (Å²) in [7, 11) is 0. The lowest BCUT2D eigenvalue weighted by Gasteiger charge is -1.91. The van der Waals surface area contributed by atoms with Gasteiger partial charge < -0.3 is 4.42 Å². The van der Waals surface area contributed by atoms with E-state index in [0.717, 1.165) is 11.3 Å². The van der Waals surface area contributed by atoms with Gasteiger partial charge in [-0.05, 0) is 19.1 Å². The first-order valence-electron chi connectivity index (χ1n) is 4.84. The molecular weight excluding hydrogens is 174 g/mol. The van der Waals surface area contributed by atoms with E-state index in [1.54, 1.807) is 6.20 Å². The lowest BCUT2D eigenvalue weighted by atomic mass is 10.2. The SMILES string of the molecule is CC.Cc1cnc(-c2ccccc2)o1. The minimum atomic E-state index is 0.688. The largest absolute Gasteiger partial charge is 0.441 e. The van der Waals surface area contributed by atoms with Crippen LogP contribution in [0.3, 0.4) is 0 Å². The van der Waals surface area contributed by atoms with Gasteiger partial charge in [-0.25, -0.2) is 4.98 Å². The summed E-state index contributed by atoms with van der Waals surface area (Å²) in [4.78, 5) is 4.12. The minimum absolute atomic E-state index is 0.688. The van der Waals surface area contributed by atoms with Crippen LogP contribution in [0.15, 0.2) is 40.9 Å². The summed E-state index contributed by atoms with van der Waals surface area (Å²) in [5.74, 6) is 1.53. The van der Waals surface area contributed by atoms with Gasteiger partial charge >= 0.3 is 0 Å². The van der Waals surface area contributed by atoms with E-state index in [2.05, 4.69) is 4.98 Å². The van der Waals surface area contributed by atoms with Crippen LogP contribution in [-0.4, -0.2) is 4.98 Å². The zero-order chi connectivity index (χ0) is 10.4. The van der Waals surface area contributed by atoms with Crippen molar-refractivity contribution in [2.75, 3.05) is 0 Å². The molecule has 0 N–H and O–H groups in total. The molecule has 1 aromatic carbocycles. The van der Waals surface area contributed by atoms with Gasteiger partial charge in [0.25, 0.3) is 0 Å². The Balaban J connectivity index is 0.000000461. The van der Waals surface area contributed by atoms with Crippen molar-refractivity contribution in [1.82, 2.24) is 4.98 Å². The average molecular weight is 189 g/mol. The normalized spacial score (nSPS) is 9.07. The van der Waals surface area contributed by atoms with E-state index in [0.29, 0.717) is 5.89 Å². The molecule has 0 fully saturated rings. The zero-order valence-electron chi connectivity index (χ0n) is 8.82. The van der Waals surface area contributed by atoms with Crippen molar-refractivity contribution in [2.24, 2.45) is 0 Å². The van der Waals surface area contributed by atoms with Crippen LogP contribution in [0.2, 0.25) is 0 Å². The van der Waals surface area contributed by atoms with E-state index in [1.165, 1.54) is 0 Å². The molecule has 2 rings (SSSR count). The first-order valence-corrected chi connectivity index (χ1v) is 4.84. The van der Waals surface area contributed by atoms with E-state index in [4.69, 9.17) is 4.42 Å². The number of rotatable bonds is 1. The lowest BCUT2D eigenvalue weighted by Crippen LogP contribution is -1.73. The highest BCUT2D eigenvalue weighted by molar-refractivity contribution is 5.52. The monoisotopic (exact) mass is 189 g/mol. The van der Waals surface area contributed by atoms with Crippen molar-refractivity contribution in [3.05, 3.63) is 42.3 Å². The maximum Gasteiger partial charge on any atom is 0.226 e. The van der Waals surface area contributed by atoms with Crippen LogP contribution in [0.4, 0.5) is 0 Å². The first-order chi connectivity index (χ1) is 6.86. The third-order valence-electron chi connectivity index (χ3n) is 1.64. The molecule has 2 aromatic rings. The third kappa shape index (κ3) is 2.46. The van der Waals surface area contributed by atoms with Crippen LogP contribution in [0.25, 0.3) is 11.5 Å². The van der Waals surface area contributed by atoms with Crippen LogP contribution >= 0.6 is 0 Å². The van der Waals surface area contributed by atoms with E-state index < -0.39 is 0 Å². The Kier molecular flexibility index (Phi) is 3.92. The molecule has 0 saturated carbocycles. The summed E-state index contributed by atoms with van der Waals surface area (Å²) in [5.41, 5.74) is 1.02. The first kappa shape index (κ1) is 10.5. The van der Waals surface area contributed by atoms with E-state index in [-0.39, 0.29) is 0 Å². The molecule has 0 aliphatic rings. The summed E-state index contributed by atoms with van der Waals surface area (Å²) in [6.07, 6.45) is 1.72. The molecule has 74 valence electrons. The van der Waals surface area contributed by atoms with Crippen molar-refractivity contribution in [1.29, 1.82) is 0 Å².